The number of hydrogen-bond acceptors (Lipinski definition) is 6. The second kappa shape index (κ2) is 4.72. The number of imidazole rings is 2. The molecule has 4 rings (SSSR count). The standard InChI is InChI=1S/C14H10N6O4/c21-19(22)14(20(23)24)6-5-10-11(7-14)18-13(17-10)12-15-8-3-1-2-4-9(8)16-12/h1-6H,7H2,(H,15,16)(H,17,18). The van der Waals surface area contributed by atoms with E-state index in [0.717, 1.165) is 17.1 Å². The van der Waals surface area contributed by atoms with E-state index in [0.29, 0.717) is 23.0 Å². The molecule has 2 N–H and O–H groups in total. The first-order valence-corrected chi connectivity index (χ1v) is 7.02. The van der Waals surface area contributed by atoms with Crippen LogP contribution in [-0.2, 0) is 6.42 Å². The summed E-state index contributed by atoms with van der Waals surface area (Å²) in [7, 11) is 0. The minimum Gasteiger partial charge on any atom is -0.338 e. The molecule has 1 aromatic carbocycles. The fourth-order valence-corrected chi connectivity index (χ4v) is 2.72. The SMILES string of the molecule is O=[N+]([O-])C1([N+](=O)[O-])C=Cc2nc(-c3nc4ccccc4[nH]3)[nH]c2C1. The minimum atomic E-state index is -2.37. The van der Waals surface area contributed by atoms with Gasteiger partial charge in [0, 0.05) is 0 Å². The van der Waals surface area contributed by atoms with E-state index in [1.54, 1.807) is 0 Å². The number of nitro groups is 2. The van der Waals surface area contributed by atoms with Gasteiger partial charge in [0.15, 0.2) is 11.6 Å². The second-order valence-corrected chi connectivity index (χ2v) is 5.45. The van der Waals surface area contributed by atoms with Crippen LogP contribution in [0.25, 0.3) is 28.8 Å². The molecule has 0 radical (unpaired) electrons. The molecule has 1 aliphatic rings. The second-order valence-electron chi connectivity index (χ2n) is 5.45. The van der Waals surface area contributed by atoms with Gasteiger partial charge in [0.25, 0.3) is 0 Å². The maximum atomic E-state index is 11.2. The molecule has 1 aliphatic carbocycles. The summed E-state index contributed by atoms with van der Waals surface area (Å²) in [4.78, 5) is 35.3. The highest BCUT2D eigenvalue weighted by atomic mass is 16.7. The number of aromatic amines is 2. The monoisotopic (exact) mass is 326 g/mol. The van der Waals surface area contributed by atoms with Crippen molar-refractivity contribution in [2.75, 3.05) is 0 Å². The molecule has 3 aromatic rings. The molecular formula is C14H10N6O4. The van der Waals surface area contributed by atoms with Crippen LogP contribution in [-0.4, -0.2) is 35.4 Å². The normalized spacial score (nSPS) is 15.3. The number of benzene rings is 1. The Balaban J connectivity index is 1.77. The molecule has 0 amide bonds. The third-order valence-electron chi connectivity index (χ3n) is 4.00. The van der Waals surface area contributed by atoms with Crippen LogP contribution < -0.4 is 0 Å². The fourth-order valence-electron chi connectivity index (χ4n) is 2.72. The summed E-state index contributed by atoms with van der Waals surface area (Å²) in [6.07, 6.45) is 1.87. The molecule has 0 atom stereocenters. The van der Waals surface area contributed by atoms with Crippen LogP contribution in [0.3, 0.4) is 0 Å². The first-order chi connectivity index (χ1) is 11.5. The largest absolute Gasteiger partial charge is 0.483 e. The maximum absolute atomic E-state index is 11.2. The number of aromatic nitrogens is 4. The predicted octanol–water partition coefficient (Wildman–Crippen LogP) is 1.77. The zero-order valence-electron chi connectivity index (χ0n) is 12.1. The molecule has 0 fully saturated rings. The Morgan fingerprint density at radius 2 is 1.75 bits per heavy atom. The van der Waals surface area contributed by atoms with Crippen molar-refractivity contribution in [1.82, 2.24) is 19.9 Å². The molecule has 10 nitrogen and oxygen atoms in total. The lowest BCUT2D eigenvalue weighted by Gasteiger charge is -2.15. The molecule has 0 saturated heterocycles. The number of H-pyrrole nitrogens is 2. The van der Waals surface area contributed by atoms with Crippen LogP contribution in [0.15, 0.2) is 30.3 Å². The van der Waals surface area contributed by atoms with Crippen molar-refractivity contribution in [3.05, 3.63) is 62.0 Å². The van der Waals surface area contributed by atoms with Crippen LogP contribution in [0, 0.1) is 20.2 Å². The highest BCUT2D eigenvalue weighted by Crippen LogP contribution is 2.29. The number of hydrogen-bond donors (Lipinski definition) is 2. The lowest BCUT2D eigenvalue weighted by atomic mass is 9.98. The minimum absolute atomic E-state index is 0.335. The van der Waals surface area contributed by atoms with Crippen molar-refractivity contribution in [2.45, 2.75) is 12.1 Å². The van der Waals surface area contributed by atoms with E-state index in [9.17, 15) is 20.2 Å². The lowest BCUT2D eigenvalue weighted by Crippen LogP contribution is -2.47. The Morgan fingerprint density at radius 3 is 2.46 bits per heavy atom. The van der Waals surface area contributed by atoms with Crippen molar-refractivity contribution in [3.63, 3.8) is 0 Å². The predicted molar refractivity (Wildman–Crippen MR) is 83.1 cm³/mol. The highest BCUT2D eigenvalue weighted by Gasteiger charge is 2.56. The van der Waals surface area contributed by atoms with E-state index < -0.39 is 21.9 Å². The molecule has 24 heavy (non-hydrogen) atoms. The first kappa shape index (κ1) is 14.1. The van der Waals surface area contributed by atoms with Gasteiger partial charge in [-0.1, -0.05) is 12.1 Å². The fraction of sp³-hybridized carbons (Fsp3) is 0.143. The molecule has 10 heteroatoms. The third-order valence-corrected chi connectivity index (χ3v) is 4.00. The number of para-hydroxylation sites is 2. The van der Waals surface area contributed by atoms with Gasteiger partial charge in [-0.25, -0.2) is 9.97 Å². The van der Waals surface area contributed by atoms with Gasteiger partial charge in [0.05, 0.1) is 28.5 Å². The van der Waals surface area contributed by atoms with E-state index >= 15 is 0 Å². The summed E-state index contributed by atoms with van der Waals surface area (Å²) < 4.78 is 0. The van der Waals surface area contributed by atoms with Crippen LogP contribution >= 0.6 is 0 Å². The Labute approximate surface area is 133 Å². The molecular weight excluding hydrogens is 316 g/mol. The zero-order valence-corrected chi connectivity index (χ0v) is 12.1. The van der Waals surface area contributed by atoms with Gasteiger partial charge in [-0.05, 0) is 18.2 Å². The van der Waals surface area contributed by atoms with Crippen LogP contribution in [0.5, 0.6) is 0 Å². The Hall–Kier alpha value is -3.56. The summed E-state index contributed by atoms with van der Waals surface area (Å²) in [5, 5.41) is 22.4. The van der Waals surface area contributed by atoms with Gasteiger partial charge in [-0.15, -0.1) is 0 Å². The molecule has 0 bridgehead atoms. The van der Waals surface area contributed by atoms with Gasteiger partial charge in [0.1, 0.15) is 16.3 Å². The molecule has 2 heterocycles. The first-order valence-electron chi connectivity index (χ1n) is 7.02. The zero-order chi connectivity index (χ0) is 16.9. The number of nitrogens with zero attached hydrogens (tertiary/aromatic N) is 4. The van der Waals surface area contributed by atoms with Crippen molar-refractivity contribution in [2.24, 2.45) is 0 Å². The smallest absolute Gasteiger partial charge is 0.338 e. The Bertz CT molecular complexity index is 970. The van der Waals surface area contributed by atoms with Gasteiger partial charge < -0.3 is 9.97 Å². The maximum Gasteiger partial charge on any atom is 0.483 e. The molecule has 0 unspecified atom stereocenters. The highest BCUT2D eigenvalue weighted by molar-refractivity contribution is 5.78. The summed E-state index contributed by atoms with van der Waals surface area (Å²) in [5.74, 6) is 0.843. The van der Waals surface area contributed by atoms with E-state index in [2.05, 4.69) is 19.9 Å². The summed E-state index contributed by atoms with van der Waals surface area (Å²) in [6, 6.07) is 7.41. The molecule has 120 valence electrons. The quantitative estimate of drug-likeness (QED) is 0.426. The van der Waals surface area contributed by atoms with Gasteiger partial charge >= 0.3 is 5.66 Å². The average molecular weight is 326 g/mol. The van der Waals surface area contributed by atoms with Gasteiger partial charge in [0.2, 0.25) is 0 Å². The number of nitrogens with one attached hydrogen (secondary N) is 2. The van der Waals surface area contributed by atoms with Gasteiger partial charge in [-0.2, -0.15) is 0 Å². The van der Waals surface area contributed by atoms with Gasteiger partial charge in [-0.3, -0.25) is 20.2 Å². The Kier molecular flexibility index (Phi) is 2.76. The molecule has 2 aromatic heterocycles. The number of fused-ring (bicyclic) bond motifs is 2. The van der Waals surface area contributed by atoms with Crippen LogP contribution in [0.2, 0.25) is 0 Å². The molecule has 0 saturated carbocycles. The van der Waals surface area contributed by atoms with Crippen LogP contribution in [0.1, 0.15) is 11.4 Å². The van der Waals surface area contributed by atoms with E-state index in [-0.39, 0.29) is 0 Å². The summed E-state index contributed by atoms with van der Waals surface area (Å²) >= 11 is 0. The summed E-state index contributed by atoms with van der Waals surface area (Å²) in [5.41, 5.74) is -0.0270. The molecule has 0 spiro atoms. The van der Waals surface area contributed by atoms with E-state index in [1.165, 1.54) is 6.08 Å². The van der Waals surface area contributed by atoms with Crippen LogP contribution in [0.4, 0.5) is 0 Å². The molecule has 0 aliphatic heterocycles. The topological polar surface area (TPSA) is 144 Å². The lowest BCUT2D eigenvalue weighted by molar-refractivity contribution is -0.780. The van der Waals surface area contributed by atoms with E-state index in [4.69, 9.17) is 0 Å². The Morgan fingerprint density at radius 1 is 1.04 bits per heavy atom. The number of rotatable bonds is 3. The van der Waals surface area contributed by atoms with Crippen molar-refractivity contribution in [3.8, 4) is 11.6 Å². The third kappa shape index (κ3) is 1.89. The van der Waals surface area contributed by atoms with Crippen molar-refractivity contribution >= 4 is 17.1 Å². The van der Waals surface area contributed by atoms with Crippen molar-refractivity contribution in [1.29, 1.82) is 0 Å². The van der Waals surface area contributed by atoms with E-state index in [1.807, 2.05) is 24.3 Å². The average Bonchev–Trinajstić information content (AvgIpc) is 3.16. The summed E-state index contributed by atoms with van der Waals surface area (Å²) in [6.45, 7) is 0. The van der Waals surface area contributed by atoms with Crippen molar-refractivity contribution < 1.29 is 9.85 Å².